The van der Waals surface area contributed by atoms with Crippen molar-refractivity contribution in [3.8, 4) is 0 Å². The Hall–Kier alpha value is -1.30. The Morgan fingerprint density at radius 3 is 2.86 bits per heavy atom. The molecule has 0 saturated heterocycles. The first-order valence-electron chi connectivity index (χ1n) is 7.09. The molecule has 114 valence electrons. The van der Waals surface area contributed by atoms with Crippen LogP contribution in [0.3, 0.4) is 0 Å². The number of thiazole rings is 1. The maximum absolute atomic E-state index is 13.7. The van der Waals surface area contributed by atoms with E-state index in [9.17, 15) is 4.39 Å². The predicted molar refractivity (Wildman–Crippen MR) is 86.0 cm³/mol. The number of benzene rings is 1. The van der Waals surface area contributed by atoms with Crippen molar-refractivity contribution in [1.29, 1.82) is 0 Å². The second-order valence-corrected chi connectivity index (χ2v) is 6.07. The van der Waals surface area contributed by atoms with Crippen LogP contribution >= 0.6 is 11.3 Å². The first-order valence-corrected chi connectivity index (χ1v) is 8.03. The Bertz CT molecular complexity index is 557. The van der Waals surface area contributed by atoms with Crippen molar-refractivity contribution in [2.75, 3.05) is 20.6 Å². The summed E-state index contributed by atoms with van der Waals surface area (Å²) < 4.78 is 13.7. The van der Waals surface area contributed by atoms with Gasteiger partial charge in [-0.05, 0) is 44.6 Å². The predicted octanol–water partition coefficient (Wildman–Crippen LogP) is 3.37. The van der Waals surface area contributed by atoms with Gasteiger partial charge < -0.3 is 10.2 Å². The van der Waals surface area contributed by atoms with Crippen LogP contribution in [0.4, 0.5) is 4.39 Å². The molecule has 1 N–H and O–H groups in total. The van der Waals surface area contributed by atoms with Crippen LogP contribution in [-0.4, -0.2) is 30.5 Å². The van der Waals surface area contributed by atoms with Crippen LogP contribution in [0.15, 0.2) is 29.1 Å². The molecule has 3 nitrogen and oxygen atoms in total. The molecule has 0 fully saturated rings. The van der Waals surface area contributed by atoms with Crippen LogP contribution in [0.2, 0.25) is 0 Å². The van der Waals surface area contributed by atoms with Crippen molar-refractivity contribution < 1.29 is 4.39 Å². The molecule has 0 bridgehead atoms. The first kappa shape index (κ1) is 16.1. The van der Waals surface area contributed by atoms with Gasteiger partial charge in [-0.3, -0.25) is 0 Å². The van der Waals surface area contributed by atoms with Crippen molar-refractivity contribution in [2.45, 2.75) is 25.9 Å². The lowest BCUT2D eigenvalue weighted by Gasteiger charge is -2.21. The summed E-state index contributed by atoms with van der Waals surface area (Å²) in [5.74, 6) is -0.136. The van der Waals surface area contributed by atoms with Gasteiger partial charge in [-0.25, -0.2) is 9.37 Å². The van der Waals surface area contributed by atoms with E-state index < -0.39 is 0 Å². The Balaban J connectivity index is 1.91. The number of nitrogens with zero attached hydrogens (tertiary/aromatic N) is 2. The minimum atomic E-state index is -0.136. The van der Waals surface area contributed by atoms with E-state index in [2.05, 4.69) is 27.6 Å². The van der Waals surface area contributed by atoms with Gasteiger partial charge in [0.1, 0.15) is 5.82 Å². The summed E-state index contributed by atoms with van der Waals surface area (Å²) in [4.78, 5) is 6.53. The van der Waals surface area contributed by atoms with E-state index in [0.717, 1.165) is 30.8 Å². The topological polar surface area (TPSA) is 28.2 Å². The molecule has 0 saturated carbocycles. The lowest BCUT2D eigenvalue weighted by atomic mass is 10.0. The van der Waals surface area contributed by atoms with Crippen molar-refractivity contribution in [2.24, 2.45) is 0 Å². The van der Waals surface area contributed by atoms with Gasteiger partial charge in [-0.2, -0.15) is 0 Å². The van der Waals surface area contributed by atoms with Crippen LogP contribution in [0.5, 0.6) is 0 Å². The number of rotatable bonds is 7. The van der Waals surface area contributed by atoms with E-state index in [1.165, 1.54) is 0 Å². The van der Waals surface area contributed by atoms with Crippen molar-refractivity contribution in [3.63, 3.8) is 0 Å². The molecular weight excluding hydrogens is 285 g/mol. The Labute approximate surface area is 129 Å². The third kappa shape index (κ3) is 4.59. The maximum Gasteiger partial charge on any atom is 0.126 e. The van der Waals surface area contributed by atoms with E-state index in [1.54, 1.807) is 24.3 Å². The number of hydrogen-bond acceptors (Lipinski definition) is 4. The van der Waals surface area contributed by atoms with Gasteiger partial charge in [0.15, 0.2) is 0 Å². The highest BCUT2D eigenvalue weighted by Gasteiger charge is 2.12. The van der Waals surface area contributed by atoms with Crippen molar-refractivity contribution in [1.82, 2.24) is 15.2 Å². The standard InChI is InChI=1S/C16H22FN3S/c1-12-4-5-13(8-15(12)17)16(18-2)6-7-20(3)9-14-10-21-11-19-14/h4-5,8,10-11,16,18H,6-7,9H2,1-3H3. The summed E-state index contributed by atoms with van der Waals surface area (Å²) >= 11 is 1.62. The largest absolute Gasteiger partial charge is 0.313 e. The Morgan fingerprint density at radius 1 is 1.43 bits per heavy atom. The summed E-state index contributed by atoms with van der Waals surface area (Å²) in [7, 11) is 4.00. The number of aromatic nitrogens is 1. The fourth-order valence-corrected chi connectivity index (χ4v) is 2.87. The molecule has 1 aromatic carbocycles. The van der Waals surface area contributed by atoms with E-state index in [1.807, 2.05) is 24.7 Å². The molecular formula is C16H22FN3S. The average Bonchev–Trinajstić information content (AvgIpc) is 2.96. The Kier molecular flexibility index (Phi) is 5.85. The SMILES string of the molecule is CNC(CCN(C)Cc1cscn1)c1ccc(C)c(F)c1. The lowest BCUT2D eigenvalue weighted by molar-refractivity contribution is 0.301. The molecule has 1 unspecified atom stereocenters. The molecule has 0 aliphatic rings. The first-order chi connectivity index (χ1) is 10.1. The summed E-state index contributed by atoms with van der Waals surface area (Å²) in [5, 5.41) is 5.34. The van der Waals surface area contributed by atoms with Gasteiger partial charge in [0.05, 0.1) is 11.2 Å². The second kappa shape index (κ2) is 7.64. The zero-order valence-corrected chi connectivity index (χ0v) is 13.6. The minimum Gasteiger partial charge on any atom is -0.313 e. The monoisotopic (exact) mass is 307 g/mol. The van der Waals surface area contributed by atoms with Gasteiger partial charge in [0, 0.05) is 24.5 Å². The van der Waals surface area contributed by atoms with Gasteiger partial charge in [-0.15, -0.1) is 11.3 Å². The molecule has 0 aliphatic carbocycles. The van der Waals surface area contributed by atoms with Gasteiger partial charge >= 0.3 is 0 Å². The average molecular weight is 307 g/mol. The quantitative estimate of drug-likeness (QED) is 0.850. The van der Waals surface area contributed by atoms with Gasteiger partial charge in [-0.1, -0.05) is 12.1 Å². The normalized spacial score (nSPS) is 12.8. The minimum absolute atomic E-state index is 0.136. The van der Waals surface area contributed by atoms with Gasteiger partial charge in [0.25, 0.3) is 0 Å². The number of nitrogens with one attached hydrogen (secondary N) is 1. The fourth-order valence-electron chi connectivity index (χ4n) is 2.32. The highest BCUT2D eigenvalue weighted by atomic mass is 32.1. The molecule has 2 rings (SSSR count). The van der Waals surface area contributed by atoms with Crippen LogP contribution in [-0.2, 0) is 6.54 Å². The molecule has 1 aromatic heterocycles. The van der Waals surface area contributed by atoms with Crippen LogP contribution < -0.4 is 5.32 Å². The zero-order valence-electron chi connectivity index (χ0n) is 12.8. The summed E-state index contributed by atoms with van der Waals surface area (Å²) in [5.41, 5.74) is 4.65. The zero-order chi connectivity index (χ0) is 15.2. The molecule has 0 amide bonds. The molecule has 5 heteroatoms. The van der Waals surface area contributed by atoms with E-state index >= 15 is 0 Å². The van der Waals surface area contributed by atoms with Crippen molar-refractivity contribution >= 4 is 11.3 Å². The smallest absolute Gasteiger partial charge is 0.126 e. The molecule has 21 heavy (non-hydrogen) atoms. The van der Waals surface area contributed by atoms with E-state index in [4.69, 9.17) is 0 Å². The molecule has 0 aliphatic heterocycles. The highest BCUT2D eigenvalue weighted by molar-refractivity contribution is 7.07. The molecule has 1 heterocycles. The number of halogens is 1. The maximum atomic E-state index is 13.7. The number of aryl methyl sites for hydroxylation is 1. The summed E-state index contributed by atoms with van der Waals surface area (Å²) in [6, 6.07) is 5.64. The fraction of sp³-hybridized carbons (Fsp3) is 0.438. The van der Waals surface area contributed by atoms with Crippen LogP contribution in [0, 0.1) is 12.7 Å². The van der Waals surface area contributed by atoms with Gasteiger partial charge in [0.2, 0.25) is 0 Å². The summed E-state index contributed by atoms with van der Waals surface area (Å²) in [6.45, 7) is 3.57. The molecule has 0 spiro atoms. The third-order valence-corrected chi connectivity index (χ3v) is 4.30. The van der Waals surface area contributed by atoms with E-state index in [-0.39, 0.29) is 11.9 Å². The van der Waals surface area contributed by atoms with Crippen LogP contribution in [0.1, 0.15) is 29.3 Å². The molecule has 1 atom stereocenters. The van der Waals surface area contributed by atoms with Crippen molar-refractivity contribution in [3.05, 3.63) is 51.7 Å². The van der Waals surface area contributed by atoms with E-state index in [0.29, 0.717) is 5.56 Å². The molecule has 2 aromatic rings. The lowest BCUT2D eigenvalue weighted by Crippen LogP contribution is -2.25. The number of hydrogen-bond donors (Lipinski definition) is 1. The summed E-state index contributed by atoms with van der Waals surface area (Å²) in [6.07, 6.45) is 0.930. The third-order valence-electron chi connectivity index (χ3n) is 3.66. The highest BCUT2D eigenvalue weighted by Crippen LogP contribution is 2.20. The Morgan fingerprint density at radius 2 is 2.24 bits per heavy atom. The molecule has 0 radical (unpaired) electrons. The second-order valence-electron chi connectivity index (χ2n) is 5.36. The van der Waals surface area contributed by atoms with Crippen LogP contribution in [0.25, 0.3) is 0 Å².